The molecule has 4 N–H and O–H groups in total. The van der Waals surface area contributed by atoms with Gasteiger partial charge in [0.25, 0.3) is 5.56 Å². The van der Waals surface area contributed by atoms with Crippen molar-refractivity contribution in [2.45, 2.75) is 63.7 Å². The van der Waals surface area contributed by atoms with Crippen molar-refractivity contribution in [3.8, 4) is 0 Å². The number of aliphatic hydroxyl groups is 1. The lowest BCUT2D eigenvalue weighted by atomic mass is 9.92. The van der Waals surface area contributed by atoms with Crippen LogP contribution in [0.25, 0.3) is 0 Å². The molecule has 1 aliphatic rings. The first-order valence-electron chi connectivity index (χ1n) is 9.43. The molecule has 0 bridgehead atoms. The Morgan fingerprint density at radius 1 is 1.48 bits per heavy atom. The van der Waals surface area contributed by atoms with Crippen molar-refractivity contribution in [2.24, 2.45) is 0 Å². The quantitative estimate of drug-likeness (QED) is 0.286. The van der Waals surface area contributed by atoms with Gasteiger partial charge in [-0.2, -0.15) is 0 Å². The van der Waals surface area contributed by atoms with Crippen LogP contribution in [0.15, 0.2) is 21.9 Å². The zero-order valence-electron chi connectivity index (χ0n) is 17.5. The maximum Gasteiger partial charge on any atom is 0.403 e. The highest BCUT2D eigenvalue weighted by Gasteiger charge is 2.55. The minimum absolute atomic E-state index is 0.391. The van der Waals surface area contributed by atoms with Crippen LogP contribution in [0.4, 0.5) is 4.39 Å². The number of H-pyrrole nitrogens is 1. The van der Waals surface area contributed by atoms with Gasteiger partial charge in [0.1, 0.15) is 23.9 Å². The summed E-state index contributed by atoms with van der Waals surface area (Å²) in [6.45, 7) is 3.80. The SMILES string of the molecule is CC(C)OC(=O)[C@H](C)NP(=O)(O)OC[C@]1(CF)C[C@@](C)(O)[C@H](n2ccc(=O)[nH]c2=O)O1. The Labute approximate surface area is 176 Å². The molecule has 1 aromatic heterocycles. The van der Waals surface area contributed by atoms with Crippen molar-refractivity contribution in [1.82, 2.24) is 14.6 Å². The molecule has 0 saturated carbocycles. The average Bonchev–Trinajstić information content (AvgIpc) is 2.91. The molecule has 0 radical (unpaired) electrons. The van der Waals surface area contributed by atoms with Gasteiger partial charge in [-0.05, 0) is 27.7 Å². The Balaban J connectivity index is 2.14. The van der Waals surface area contributed by atoms with Gasteiger partial charge in [-0.25, -0.2) is 18.8 Å². The molecule has 1 fully saturated rings. The fraction of sp³-hybridized carbons (Fsp3) is 0.706. The zero-order chi connectivity index (χ0) is 23.6. The molecule has 0 aromatic carbocycles. The Morgan fingerprint density at radius 3 is 2.68 bits per heavy atom. The van der Waals surface area contributed by atoms with Gasteiger partial charge in [-0.3, -0.25) is 23.7 Å². The van der Waals surface area contributed by atoms with Crippen LogP contribution in [-0.4, -0.2) is 62.1 Å². The van der Waals surface area contributed by atoms with E-state index in [1.807, 2.05) is 4.98 Å². The van der Waals surface area contributed by atoms with Crippen LogP contribution in [0, 0.1) is 0 Å². The molecule has 1 aliphatic heterocycles. The van der Waals surface area contributed by atoms with Crippen molar-refractivity contribution >= 4 is 13.7 Å². The number of hydrogen-bond acceptors (Lipinski definition) is 8. The summed E-state index contributed by atoms with van der Waals surface area (Å²) in [6, 6.07) is -0.171. The van der Waals surface area contributed by atoms with Crippen LogP contribution >= 0.6 is 7.75 Å². The number of nitrogens with one attached hydrogen (secondary N) is 2. The van der Waals surface area contributed by atoms with Gasteiger partial charge >= 0.3 is 19.4 Å². The number of carbonyl (C=O) groups is 1. The van der Waals surface area contributed by atoms with Crippen LogP contribution in [0.2, 0.25) is 0 Å². The monoisotopic (exact) mass is 467 g/mol. The number of ether oxygens (including phenoxy) is 2. The number of alkyl halides is 1. The molecule has 31 heavy (non-hydrogen) atoms. The smallest absolute Gasteiger partial charge is 0.403 e. The summed E-state index contributed by atoms with van der Waals surface area (Å²) in [4.78, 5) is 47.1. The molecule has 1 saturated heterocycles. The zero-order valence-corrected chi connectivity index (χ0v) is 18.4. The Morgan fingerprint density at radius 2 is 2.13 bits per heavy atom. The standard InChI is InChI=1S/C17H27FN3O9P/c1-10(2)29-13(23)11(3)20-31(26,27)28-9-17(8-18)7-16(4,25)14(30-17)21-6-5-12(22)19-15(21)24/h5-6,10-11,14,25H,7-9H2,1-4H3,(H,19,22,24)(H2,20,26,27)/t11-,14+,16+,17+/m0/s1. The highest BCUT2D eigenvalue weighted by atomic mass is 31.2. The van der Waals surface area contributed by atoms with Crippen LogP contribution in [0.1, 0.15) is 40.3 Å². The third kappa shape index (κ3) is 6.31. The second-order valence-electron chi connectivity index (χ2n) is 7.97. The van der Waals surface area contributed by atoms with Crippen molar-refractivity contribution in [3.05, 3.63) is 33.1 Å². The highest BCUT2D eigenvalue weighted by molar-refractivity contribution is 7.50. The molecule has 5 atom stereocenters. The Bertz CT molecular complexity index is 963. The van der Waals surface area contributed by atoms with Crippen LogP contribution in [0.3, 0.4) is 0 Å². The Kier molecular flexibility index (Phi) is 7.62. The molecule has 2 rings (SSSR count). The maximum atomic E-state index is 13.9. The van der Waals surface area contributed by atoms with E-state index < -0.39 is 74.2 Å². The van der Waals surface area contributed by atoms with Crippen molar-refractivity contribution in [2.75, 3.05) is 13.3 Å². The molecule has 1 aromatic rings. The summed E-state index contributed by atoms with van der Waals surface area (Å²) in [5.41, 5.74) is -5.21. The fourth-order valence-corrected chi connectivity index (χ4v) is 4.27. The van der Waals surface area contributed by atoms with Gasteiger partial charge in [0.05, 0.1) is 12.7 Å². The van der Waals surface area contributed by atoms with Gasteiger partial charge in [0.15, 0.2) is 6.23 Å². The van der Waals surface area contributed by atoms with Gasteiger partial charge in [-0.15, -0.1) is 0 Å². The van der Waals surface area contributed by atoms with Gasteiger partial charge in [0, 0.05) is 18.7 Å². The number of rotatable bonds is 9. The second-order valence-corrected chi connectivity index (χ2v) is 9.53. The largest absolute Gasteiger partial charge is 0.462 e. The highest BCUT2D eigenvalue weighted by Crippen LogP contribution is 2.47. The normalized spacial score (nSPS) is 29.0. The lowest BCUT2D eigenvalue weighted by Crippen LogP contribution is -2.40. The summed E-state index contributed by atoms with van der Waals surface area (Å²) in [6.07, 6.45) is -1.15. The van der Waals surface area contributed by atoms with Crippen molar-refractivity contribution in [3.63, 3.8) is 0 Å². The number of esters is 1. The van der Waals surface area contributed by atoms with E-state index in [1.165, 1.54) is 13.8 Å². The van der Waals surface area contributed by atoms with E-state index in [0.717, 1.165) is 16.8 Å². The first kappa shape index (κ1) is 25.4. The van der Waals surface area contributed by atoms with E-state index in [2.05, 4.69) is 5.09 Å². The van der Waals surface area contributed by atoms with Crippen LogP contribution in [-0.2, 0) is 23.4 Å². The van der Waals surface area contributed by atoms with E-state index in [9.17, 15) is 33.3 Å². The molecular weight excluding hydrogens is 440 g/mol. The first-order valence-corrected chi connectivity index (χ1v) is 11.0. The molecule has 176 valence electrons. The van der Waals surface area contributed by atoms with Gasteiger partial charge in [-0.1, -0.05) is 0 Å². The lowest BCUT2D eigenvalue weighted by molar-refractivity contribution is -0.149. The number of halogens is 1. The fourth-order valence-electron chi connectivity index (χ4n) is 3.19. The topological polar surface area (TPSA) is 169 Å². The minimum atomic E-state index is -4.60. The van der Waals surface area contributed by atoms with E-state index in [-0.39, 0.29) is 0 Å². The molecule has 1 unspecified atom stereocenters. The summed E-state index contributed by atoms with van der Waals surface area (Å²) in [7, 11) is -4.60. The number of hydrogen-bond donors (Lipinski definition) is 4. The van der Waals surface area contributed by atoms with E-state index in [1.54, 1.807) is 13.8 Å². The summed E-state index contributed by atoms with van der Waals surface area (Å²) < 4.78 is 42.5. The Hall–Kier alpha value is -1.89. The molecule has 14 heteroatoms. The van der Waals surface area contributed by atoms with E-state index >= 15 is 0 Å². The minimum Gasteiger partial charge on any atom is -0.462 e. The second kappa shape index (κ2) is 9.31. The molecule has 2 heterocycles. The number of carbonyl (C=O) groups excluding carboxylic acids is 1. The molecule has 0 aliphatic carbocycles. The predicted molar refractivity (Wildman–Crippen MR) is 105 cm³/mol. The van der Waals surface area contributed by atoms with E-state index in [0.29, 0.717) is 0 Å². The summed E-state index contributed by atoms with van der Waals surface area (Å²) >= 11 is 0. The summed E-state index contributed by atoms with van der Waals surface area (Å²) in [5.74, 6) is -0.786. The van der Waals surface area contributed by atoms with Gasteiger partial charge in [0.2, 0.25) is 0 Å². The maximum absolute atomic E-state index is 13.9. The molecular formula is C17H27FN3O9P. The third-order valence-corrected chi connectivity index (χ3v) is 5.68. The van der Waals surface area contributed by atoms with Crippen molar-refractivity contribution in [1.29, 1.82) is 0 Å². The third-order valence-electron chi connectivity index (χ3n) is 4.49. The van der Waals surface area contributed by atoms with Crippen LogP contribution < -0.4 is 16.3 Å². The lowest BCUT2D eigenvalue weighted by Gasteiger charge is -2.27. The summed E-state index contributed by atoms with van der Waals surface area (Å²) in [5, 5.41) is 12.8. The average molecular weight is 467 g/mol. The molecule has 0 spiro atoms. The number of aromatic amines is 1. The number of aromatic nitrogens is 2. The predicted octanol–water partition coefficient (Wildman–Crippen LogP) is -0.0385. The van der Waals surface area contributed by atoms with Crippen molar-refractivity contribution < 1.29 is 37.7 Å². The molecule has 12 nitrogen and oxygen atoms in total. The van der Waals surface area contributed by atoms with Gasteiger partial charge < -0.3 is 19.5 Å². The van der Waals surface area contributed by atoms with E-state index in [4.69, 9.17) is 14.0 Å². The first-order chi connectivity index (χ1) is 14.2. The number of nitrogens with zero attached hydrogens (tertiary/aromatic N) is 1. The van der Waals surface area contributed by atoms with Crippen LogP contribution in [0.5, 0.6) is 0 Å². The molecule has 0 amide bonds.